The summed E-state index contributed by atoms with van der Waals surface area (Å²) in [5.41, 5.74) is 0.649. The summed E-state index contributed by atoms with van der Waals surface area (Å²) < 4.78 is 25.9. The van der Waals surface area contributed by atoms with Crippen molar-refractivity contribution in [3.8, 4) is 0 Å². The number of fused-ring (bicyclic) bond motifs is 2. The summed E-state index contributed by atoms with van der Waals surface area (Å²) in [4.78, 5) is 18.9. The quantitative estimate of drug-likeness (QED) is 0.899. The van der Waals surface area contributed by atoms with E-state index in [0.29, 0.717) is 23.4 Å². The third-order valence-corrected chi connectivity index (χ3v) is 7.54. The molecule has 2 bridgehead atoms. The molecule has 1 aromatic carbocycles. The Balaban J connectivity index is 1.50. The Hall–Kier alpha value is -2.41. The maximum absolute atomic E-state index is 12.9. The van der Waals surface area contributed by atoms with Gasteiger partial charge in [-0.25, -0.2) is 13.2 Å². The van der Waals surface area contributed by atoms with Crippen molar-refractivity contribution < 1.29 is 13.2 Å². The highest BCUT2D eigenvalue weighted by Gasteiger charge is 2.47. The fourth-order valence-corrected chi connectivity index (χ4v) is 6.01. The van der Waals surface area contributed by atoms with Gasteiger partial charge >= 0.3 is 6.03 Å². The van der Waals surface area contributed by atoms with Gasteiger partial charge in [0.25, 0.3) is 0 Å². The van der Waals surface area contributed by atoms with Crippen LogP contribution >= 0.6 is 0 Å². The monoisotopic (exact) mass is 371 g/mol. The SMILES string of the molecule is O=C(Nc1cccnc1)N1[C@@H]2CC[C@@H]1CC(S(=O)(=O)c1ccccc1)C2. The minimum Gasteiger partial charge on any atom is -0.318 e. The Bertz CT molecular complexity index is 873. The van der Waals surface area contributed by atoms with Gasteiger partial charge in [0.15, 0.2) is 9.84 Å². The zero-order valence-electron chi connectivity index (χ0n) is 14.3. The smallest absolute Gasteiger partial charge is 0.318 e. The Kier molecular flexibility index (Phi) is 4.40. The first kappa shape index (κ1) is 17.0. The third kappa shape index (κ3) is 3.07. The molecule has 0 radical (unpaired) electrons. The highest BCUT2D eigenvalue weighted by molar-refractivity contribution is 7.92. The molecule has 1 aromatic heterocycles. The largest absolute Gasteiger partial charge is 0.322 e. The lowest BCUT2D eigenvalue weighted by molar-refractivity contribution is 0.160. The maximum atomic E-state index is 12.9. The van der Waals surface area contributed by atoms with Gasteiger partial charge in [0.05, 0.1) is 22.0 Å². The van der Waals surface area contributed by atoms with Gasteiger partial charge in [0, 0.05) is 18.3 Å². The highest BCUT2D eigenvalue weighted by atomic mass is 32.2. The lowest BCUT2D eigenvalue weighted by atomic mass is 10.0. The van der Waals surface area contributed by atoms with Crippen molar-refractivity contribution >= 4 is 21.6 Å². The molecule has 7 heteroatoms. The van der Waals surface area contributed by atoms with Crippen LogP contribution in [-0.2, 0) is 9.84 Å². The van der Waals surface area contributed by atoms with E-state index in [-0.39, 0.29) is 18.1 Å². The van der Waals surface area contributed by atoms with Crippen LogP contribution in [0, 0.1) is 0 Å². The Morgan fingerprint density at radius 1 is 1.04 bits per heavy atom. The first-order valence-corrected chi connectivity index (χ1v) is 10.4. The van der Waals surface area contributed by atoms with Crippen LogP contribution in [0.2, 0.25) is 0 Å². The van der Waals surface area contributed by atoms with Crippen molar-refractivity contribution in [1.82, 2.24) is 9.88 Å². The topological polar surface area (TPSA) is 79.4 Å². The molecule has 0 aliphatic carbocycles. The molecule has 2 fully saturated rings. The Morgan fingerprint density at radius 3 is 2.35 bits per heavy atom. The van der Waals surface area contributed by atoms with E-state index in [1.807, 2.05) is 11.0 Å². The number of urea groups is 1. The van der Waals surface area contributed by atoms with Crippen LogP contribution in [-0.4, -0.2) is 41.7 Å². The molecule has 2 atom stereocenters. The summed E-state index contributed by atoms with van der Waals surface area (Å²) >= 11 is 0. The van der Waals surface area contributed by atoms with E-state index in [0.717, 1.165) is 12.8 Å². The number of carbonyl (C=O) groups excluding carboxylic acids is 1. The second-order valence-corrected chi connectivity index (χ2v) is 9.14. The lowest BCUT2D eigenvalue weighted by Gasteiger charge is -2.38. The lowest BCUT2D eigenvalue weighted by Crippen LogP contribution is -2.51. The Morgan fingerprint density at radius 2 is 1.73 bits per heavy atom. The molecule has 0 spiro atoms. The van der Waals surface area contributed by atoms with Gasteiger partial charge < -0.3 is 10.2 Å². The predicted molar refractivity (Wildman–Crippen MR) is 98.6 cm³/mol. The van der Waals surface area contributed by atoms with Crippen molar-refractivity contribution in [3.63, 3.8) is 0 Å². The van der Waals surface area contributed by atoms with Gasteiger partial charge in [-0.2, -0.15) is 0 Å². The van der Waals surface area contributed by atoms with Crippen molar-refractivity contribution in [1.29, 1.82) is 0 Å². The minimum absolute atomic E-state index is 0.0334. The van der Waals surface area contributed by atoms with Crippen LogP contribution in [0.3, 0.4) is 0 Å². The van der Waals surface area contributed by atoms with Crippen LogP contribution < -0.4 is 5.32 Å². The number of piperidine rings is 1. The van der Waals surface area contributed by atoms with Crippen LogP contribution in [0.15, 0.2) is 59.8 Å². The van der Waals surface area contributed by atoms with Gasteiger partial charge in [-0.05, 0) is 49.9 Å². The normalized spacial score (nSPS) is 25.1. The number of aromatic nitrogens is 1. The molecule has 2 saturated heterocycles. The number of anilines is 1. The molecule has 0 unspecified atom stereocenters. The Labute approximate surface area is 153 Å². The van der Waals surface area contributed by atoms with E-state index >= 15 is 0 Å². The van der Waals surface area contributed by atoms with Gasteiger partial charge in [0.2, 0.25) is 0 Å². The van der Waals surface area contributed by atoms with Crippen molar-refractivity contribution in [3.05, 3.63) is 54.9 Å². The molecule has 2 aromatic rings. The second-order valence-electron chi connectivity index (χ2n) is 6.92. The molecule has 6 nitrogen and oxygen atoms in total. The number of hydrogen-bond donors (Lipinski definition) is 1. The summed E-state index contributed by atoms with van der Waals surface area (Å²) in [7, 11) is -3.36. The van der Waals surface area contributed by atoms with E-state index in [1.54, 1.807) is 48.8 Å². The standard InChI is InChI=1S/C19H21N3O3S/c23-19(21-14-5-4-10-20-13-14)22-15-8-9-16(22)12-18(11-15)26(24,25)17-6-2-1-3-7-17/h1-7,10,13,15-16,18H,8-9,11-12H2,(H,21,23)/t15-,16-/m1/s1. The zero-order valence-corrected chi connectivity index (χ0v) is 15.1. The van der Waals surface area contributed by atoms with E-state index in [1.165, 1.54) is 0 Å². The number of nitrogens with zero attached hydrogens (tertiary/aromatic N) is 2. The van der Waals surface area contributed by atoms with Crippen molar-refractivity contribution in [2.75, 3.05) is 5.32 Å². The van der Waals surface area contributed by atoms with Crippen LogP contribution in [0.25, 0.3) is 0 Å². The fourth-order valence-electron chi connectivity index (χ4n) is 4.14. The second kappa shape index (κ2) is 6.72. The molecule has 0 saturated carbocycles. The average molecular weight is 371 g/mol. The number of nitrogens with one attached hydrogen (secondary N) is 1. The molecular formula is C19H21N3O3S. The summed E-state index contributed by atoms with van der Waals surface area (Å²) in [6.07, 6.45) is 5.95. The molecule has 136 valence electrons. The number of sulfone groups is 1. The molecule has 2 aliphatic heterocycles. The van der Waals surface area contributed by atoms with E-state index in [2.05, 4.69) is 10.3 Å². The average Bonchev–Trinajstić information content (AvgIpc) is 2.93. The number of benzene rings is 1. The highest BCUT2D eigenvalue weighted by Crippen LogP contribution is 2.40. The summed E-state index contributed by atoms with van der Waals surface area (Å²) in [6, 6.07) is 11.9. The summed E-state index contributed by atoms with van der Waals surface area (Å²) in [5.74, 6) is 0. The van der Waals surface area contributed by atoms with Gasteiger partial charge in [0.1, 0.15) is 0 Å². The molecule has 4 rings (SSSR count). The third-order valence-electron chi connectivity index (χ3n) is 5.35. The summed E-state index contributed by atoms with van der Waals surface area (Å²) in [6.45, 7) is 0. The van der Waals surface area contributed by atoms with Gasteiger partial charge in [-0.3, -0.25) is 4.98 Å². The van der Waals surface area contributed by atoms with Crippen molar-refractivity contribution in [2.24, 2.45) is 0 Å². The maximum Gasteiger partial charge on any atom is 0.322 e. The number of rotatable bonds is 3. The van der Waals surface area contributed by atoms with Gasteiger partial charge in [-0.15, -0.1) is 0 Å². The number of hydrogen-bond acceptors (Lipinski definition) is 4. The molecule has 3 heterocycles. The molecule has 2 amide bonds. The van der Waals surface area contributed by atoms with E-state index < -0.39 is 15.1 Å². The first-order valence-electron chi connectivity index (χ1n) is 8.84. The zero-order chi connectivity index (χ0) is 18.1. The van der Waals surface area contributed by atoms with Crippen LogP contribution in [0.4, 0.5) is 10.5 Å². The van der Waals surface area contributed by atoms with Crippen LogP contribution in [0.5, 0.6) is 0 Å². The molecule has 2 aliphatic rings. The van der Waals surface area contributed by atoms with Crippen LogP contribution in [0.1, 0.15) is 25.7 Å². The summed E-state index contributed by atoms with van der Waals surface area (Å²) in [5, 5.41) is 2.45. The fraction of sp³-hybridized carbons (Fsp3) is 0.368. The molecular weight excluding hydrogens is 350 g/mol. The van der Waals surface area contributed by atoms with E-state index in [9.17, 15) is 13.2 Å². The van der Waals surface area contributed by atoms with Crippen molar-refractivity contribution in [2.45, 2.75) is 47.9 Å². The molecule has 1 N–H and O–H groups in total. The predicted octanol–water partition coefficient (Wildman–Crippen LogP) is 3.08. The number of pyridine rings is 1. The number of amides is 2. The van der Waals surface area contributed by atoms with Gasteiger partial charge in [-0.1, -0.05) is 18.2 Å². The molecule has 26 heavy (non-hydrogen) atoms. The first-order chi connectivity index (χ1) is 12.6. The minimum atomic E-state index is -3.36. The van der Waals surface area contributed by atoms with E-state index in [4.69, 9.17) is 0 Å². The number of carbonyl (C=O) groups is 1.